The molecule has 558 valence electrons. The van der Waals surface area contributed by atoms with Gasteiger partial charge in [0.2, 0.25) is 70.9 Å². The number of hydrogen-bond acceptors (Lipinski definition) is 18. The maximum atomic E-state index is 15.1. The van der Waals surface area contributed by atoms with Gasteiger partial charge in [0.05, 0.1) is 19.7 Å². The summed E-state index contributed by atoms with van der Waals surface area (Å²) >= 11 is 1.46. The van der Waals surface area contributed by atoms with Gasteiger partial charge in [-0.2, -0.15) is 11.8 Å². The van der Waals surface area contributed by atoms with Crippen molar-refractivity contribution in [1.29, 1.82) is 0 Å². The van der Waals surface area contributed by atoms with E-state index >= 15 is 4.79 Å². The van der Waals surface area contributed by atoms with Gasteiger partial charge in [-0.3, -0.25) is 62.5 Å². The number of carbonyl (C=O) groups excluding carboxylic acids is 13. The highest BCUT2D eigenvalue weighted by Crippen LogP contribution is 2.25. The number of fused-ring (bicyclic) bond motifs is 2. The molecule has 12 amide bonds. The number of amides is 12. The summed E-state index contributed by atoms with van der Waals surface area (Å²) in [5.41, 5.74) is 36.6. The van der Waals surface area contributed by atoms with Gasteiger partial charge in [-0.15, -0.1) is 0 Å². The molecule has 6 rings (SSSR count). The number of esters is 1. The summed E-state index contributed by atoms with van der Waals surface area (Å²) in [6.45, 7) is 3.84. The fourth-order valence-corrected chi connectivity index (χ4v) is 12.9. The van der Waals surface area contributed by atoms with Crippen molar-refractivity contribution in [2.24, 2.45) is 45.3 Å². The molecule has 2 aromatic carbocycles. The molecule has 0 saturated carbocycles. The van der Waals surface area contributed by atoms with Crippen molar-refractivity contribution in [2.75, 3.05) is 51.8 Å². The molecule has 0 radical (unpaired) electrons. The zero-order chi connectivity index (χ0) is 74.6. The van der Waals surface area contributed by atoms with E-state index in [-0.39, 0.29) is 83.0 Å². The molecule has 2 fully saturated rings. The number of carbonyl (C=O) groups is 13. The quantitative estimate of drug-likeness (QED) is 0.00982. The Morgan fingerprint density at radius 3 is 1.59 bits per heavy atom. The number of rotatable bonds is 42. The average molecular weight is 1440 g/mol. The van der Waals surface area contributed by atoms with Crippen molar-refractivity contribution in [2.45, 2.75) is 183 Å². The summed E-state index contributed by atoms with van der Waals surface area (Å²) in [6.07, 6.45) is 6.20. The first kappa shape index (κ1) is 81.1. The molecule has 22 N–H and O–H groups in total. The number of para-hydroxylation sites is 2. The van der Waals surface area contributed by atoms with Crippen LogP contribution in [0.25, 0.3) is 21.8 Å². The maximum Gasteiger partial charge on any atom is 0.328 e. The Balaban J connectivity index is 1.23. The molecule has 4 aromatic rings. The first-order valence-corrected chi connectivity index (χ1v) is 35.9. The lowest BCUT2D eigenvalue weighted by atomic mass is 10.0. The van der Waals surface area contributed by atoms with Crippen LogP contribution < -0.4 is 76.9 Å². The normalized spacial score (nSPS) is 16.6. The Bertz CT molecular complexity index is 3620. The van der Waals surface area contributed by atoms with Gasteiger partial charge >= 0.3 is 5.97 Å². The van der Waals surface area contributed by atoms with E-state index in [9.17, 15) is 57.5 Å². The van der Waals surface area contributed by atoms with Gasteiger partial charge in [-0.1, -0.05) is 50.2 Å². The highest BCUT2D eigenvalue weighted by Gasteiger charge is 2.43. The number of hydrogen-bond donors (Lipinski definition) is 16. The predicted molar refractivity (Wildman–Crippen MR) is 382 cm³/mol. The van der Waals surface area contributed by atoms with Crippen molar-refractivity contribution >= 4 is 116 Å². The third-order valence-corrected chi connectivity index (χ3v) is 18.5. The van der Waals surface area contributed by atoms with Gasteiger partial charge in [0.15, 0.2) is 5.96 Å². The highest BCUT2D eigenvalue weighted by atomic mass is 32.2. The molecule has 102 heavy (non-hydrogen) atoms. The third-order valence-electron chi connectivity index (χ3n) is 17.8. The molecule has 0 bridgehead atoms. The predicted octanol–water partition coefficient (Wildman–Crippen LogP) is -2.06. The minimum Gasteiger partial charge on any atom is -0.467 e. The zero-order valence-corrected chi connectivity index (χ0v) is 59.1. The lowest BCUT2D eigenvalue weighted by molar-refractivity contribution is -0.145. The van der Waals surface area contributed by atoms with Crippen LogP contribution in [0.4, 0.5) is 0 Å². The van der Waals surface area contributed by atoms with E-state index in [0.717, 1.165) is 0 Å². The van der Waals surface area contributed by atoms with Crippen LogP contribution in [0.5, 0.6) is 0 Å². The highest BCUT2D eigenvalue weighted by molar-refractivity contribution is 7.98. The number of aromatic amines is 2. The van der Waals surface area contributed by atoms with Crippen LogP contribution in [0.2, 0.25) is 0 Å². The summed E-state index contributed by atoms with van der Waals surface area (Å²) in [6, 6.07) is 1.57. The number of primary amides is 2. The molecule has 0 aliphatic carbocycles. The molecular formula is C68H101N19O14S. The zero-order valence-electron chi connectivity index (χ0n) is 58.3. The number of aromatic nitrogens is 2. The summed E-state index contributed by atoms with van der Waals surface area (Å²) in [5.74, 6) is -9.84. The summed E-state index contributed by atoms with van der Waals surface area (Å²) in [5, 5.41) is 22.8. The van der Waals surface area contributed by atoms with Gasteiger partial charge in [0.25, 0.3) is 0 Å². The Morgan fingerprint density at radius 2 is 1.07 bits per heavy atom. The molecule has 2 aliphatic rings. The number of aliphatic imine (C=N–C) groups is 1. The molecule has 2 saturated heterocycles. The number of ether oxygens (including phenoxy) is 1. The fraction of sp³-hybridized carbons (Fsp3) is 0.559. The van der Waals surface area contributed by atoms with Crippen LogP contribution in [-0.2, 0) is 79.9 Å². The van der Waals surface area contributed by atoms with Crippen LogP contribution in [0.15, 0.2) is 65.9 Å². The number of nitrogens with one attached hydrogen (secondary N) is 10. The fourth-order valence-electron chi connectivity index (χ4n) is 12.5. The van der Waals surface area contributed by atoms with Gasteiger partial charge < -0.3 is 101 Å². The number of nitrogens with zero attached hydrogens (tertiary/aromatic N) is 3. The number of unbranched alkanes of at least 4 members (excludes halogenated alkanes) is 1. The lowest BCUT2D eigenvalue weighted by Gasteiger charge is -2.32. The number of benzene rings is 2. The Labute approximate surface area is 595 Å². The van der Waals surface area contributed by atoms with Gasteiger partial charge in [-0.25, -0.2) is 4.79 Å². The van der Waals surface area contributed by atoms with Crippen molar-refractivity contribution < 1.29 is 67.1 Å². The first-order valence-electron chi connectivity index (χ1n) is 34.5. The average Bonchev–Trinajstić information content (AvgIpc) is 1.63. The maximum absolute atomic E-state index is 15.1. The number of likely N-dealkylation sites (tertiary alicyclic amines) is 2. The number of thioether (sulfide) groups is 1. The molecule has 10 atom stereocenters. The number of guanidine groups is 1. The van der Waals surface area contributed by atoms with E-state index in [2.05, 4.69) is 57.5 Å². The second kappa shape index (κ2) is 40.6. The van der Waals surface area contributed by atoms with Gasteiger partial charge in [0, 0.05) is 79.5 Å². The Hall–Kier alpha value is -9.83. The van der Waals surface area contributed by atoms with Crippen LogP contribution >= 0.6 is 11.8 Å². The number of methoxy groups -OCH3 is 1. The molecule has 0 unspecified atom stereocenters. The molecule has 33 nitrogen and oxygen atoms in total. The topological polar surface area (TPSA) is 534 Å². The van der Waals surface area contributed by atoms with E-state index in [0.29, 0.717) is 77.2 Å². The third kappa shape index (κ3) is 24.5. The largest absolute Gasteiger partial charge is 0.467 e. The van der Waals surface area contributed by atoms with E-state index in [1.165, 1.54) is 28.7 Å². The molecule has 2 aromatic heterocycles. The lowest BCUT2D eigenvalue weighted by Crippen LogP contribution is -2.60. The van der Waals surface area contributed by atoms with Crippen LogP contribution in [0, 0.1) is 5.92 Å². The Morgan fingerprint density at radius 1 is 0.578 bits per heavy atom. The van der Waals surface area contributed by atoms with E-state index in [4.69, 9.17) is 39.1 Å². The number of nitrogens with two attached hydrogens (primary N) is 6. The van der Waals surface area contributed by atoms with Crippen LogP contribution in [0.3, 0.4) is 0 Å². The molecule has 4 heterocycles. The van der Waals surface area contributed by atoms with Crippen molar-refractivity contribution in [3.05, 3.63) is 72.1 Å². The summed E-state index contributed by atoms with van der Waals surface area (Å²) < 4.78 is 4.91. The Kier molecular flexibility index (Phi) is 32.3. The van der Waals surface area contributed by atoms with E-state index < -0.39 is 170 Å². The molecular weight excluding hydrogens is 1340 g/mol. The van der Waals surface area contributed by atoms with Crippen molar-refractivity contribution in [3.63, 3.8) is 0 Å². The van der Waals surface area contributed by atoms with Gasteiger partial charge in [0.1, 0.15) is 54.4 Å². The van der Waals surface area contributed by atoms with Gasteiger partial charge in [-0.05, 0) is 131 Å². The SMILES string of the molecule is COC(=O)[C@@H](CCSC)NC(=O)[C@H](CC(C)C)NC(=O)CNC(=O)[C@H](Cc1c[nH]c2ccccc12)NC(=O)[C@@H](Cc1c[nH]c2ccccc12)NC(=O)[C@H](CCC(N)=O)NC(=O)[C@H](CCC(N)=O)NC(=O)[C@@H]1CCCN1C(=O)[C@H](CCCCN)NC(=O)[C@@H]1CCCN1C(=O)[C@@H](N)CCCN=C(N)N. The molecule has 2 aliphatic heterocycles. The molecule has 0 spiro atoms. The van der Waals surface area contributed by atoms with Crippen molar-refractivity contribution in [1.82, 2.24) is 62.3 Å². The van der Waals surface area contributed by atoms with E-state index in [1.54, 1.807) is 54.9 Å². The summed E-state index contributed by atoms with van der Waals surface area (Å²) in [7, 11) is 1.20. The van der Waals surface area contributed by atoms with Crippen LogP contribution in [0.1, 0.15) is 121 Å². The molecule has 34 heteroatoms. The summed E-state index contributed by atoms with van der Waals surface area (Å²) in [4.78, 5) is 194. The minimum absolute atomic E-state index is 0.0661. The second-order valence-electron chi connectivity index (χ2n) is 26.0. The van der Waals surface area contributed by atoms with Crippen molar-refractivity contribution in [3.8, 4) is 0 Å². The van der Waals surface area contributed by atoms with E-state index in [1.807, 2.05) is 26.2 Å². The second-order valence-corrected chi connectivity index (χ2v) is 27.0. The monoisotopic (exact) mass is 1440 g/mol. The first-order chi connectivity index (χ1) is 48.7. The van der Waals surface area contributed by atoms with Crippen LogP contribution in [-0.4, -0.2) is 215 Å². The minimum atomic E-state index is -1.68. The smallest absolute Gasteiger partial charge is 0.328 e. The number of H-pyrrole nitrogens is 2. The standard InChI is InChI=1S/C68H101N19O14S/c1-38(2)32-50(61(94)83-49(26-31-102-4)67(100)101-3)79-57(90)37-78-58(91)51(33-39-35-76-44-17-7-5-14-41(39)44)84-62(95)52(34-40-36-77-45-18-8-6-15-42(40)45)85-60(93)46(22-24-55(71)88)80-59(92)47(23-25-56(72)89)81-63(96)54-21-13-30-87(54)66(99)48(19-9-10-27-69)82-64(97)53-20-12-29-86(53)65(98)43(70)16-11-28-75-68(73)74/h5-8,14-15,17-18,35-36,38,43,46-54,76-77H,9-13,16,19-34,37,69-70H2,1-4H3,(H2,71,88)(H2,72,89)(H,78,91)(H,79,90)(H,80,92)(H,81,96)(H,82,97)(H,83,94)(H,84,95)(H,85,93)(H4,73,74,75)/t43-,46-,47-,48-,49+,50-,51-,52+,53-,54-/m0/s1.